The fourth-order valence-corrected chi connectivity index (χ4v) is 3.52. The molecule has 2 rings (SSSR count). The number of carbonyl (C=O) groups excluding carboxylic acids is 3. The monoisotopic (exact) mass is 491 g/mol. The van der Waals surface area contributed by atoms with Crippen LogP contribution in [0.3, 0.4) is 0 Å². The number of carbonyl (C=O) groups is 3. The van der Waals surface area contributed by atoms with Crippen LogP contribution in [0.25, 0.3) is 0 Å². The van der Waals surface area contributed by atoms with Crippen LogP contribution >= 0.6 is 11.3 Å². The average Bonchev–Trinajstić information content (AvgIpc) is 3.05. The minimum Gasteiger partial charge on any atom is -0.444 e. The van der Waals surface area contributed by atoms with Crippen molar-refractivity contribution in [2.75, 3.05) is 11.9 Å². The summed E-state index contributed by atoms with van der Waals surface area (Å²) in [6.07, 6.45) is -1.64. The maximum absolute atomic E-state index is 12.7. The van der Waals surface area contributed by atoms with E-state index < -0.39 is 40.9 Å². The number of alkyl halides is 3. The second-order valence-electron chi connectivity index (χ2n) is 8.98. The van der Waals surface area contributed by atoms with Crippen molar-refractivity contribution < 1.29 is 32.3 Å². The second-order valence-corrected chi connectivity index (χ2v) is 9.96. The lowest BCUT2D eigenvalue weighted by Crippen LogP contribution is -2.60. The van der Waals surface area contributed by atoms with Gasteiger partial charge in [-0.1, -0.05) is 31.3 Å². The second kappa shape index (κ2) is 10.5. The number of anilines is 1. The van der Waals surface area contributed by atoms with Crippen molar-refractivity contribution in [3.63, 3.8) is 0 Å². The van der Waals surface area contributed by atoms with Crippen LogP contribution in [0, 0.1) is 5.92 Å². The number of likely N-dealkylation sites (tertiary alicyclic amines) is 1. The number of nitrogens with zero attached hydrogens (tertiary/aromatic N) is 3. The van der Waals surface area contributed by atoms with Crippen LogP contribution in [0.1, 0.15) is 52.5 Å². The van der Waals surface area contributed by atoms with Gasteiger partial charge in [-0.15, -0.1) is 10.2 Å². The molecule has 0 bridgehead atoms. The van der Waals surface area contributed by atoms with Gasteiger partial charge in [-0.25, -0.2) is 4.79 Å². The van der Waals surface area contributed by atoms with Crippen LogP contribution in [-0.2, 0) is 20.5 Å². The summed E-state index contributed by atoms with van der Waals surface area (Å²) in [7, 11) is 0. The first-order valence-electron chi connectivity index (χ1n) is 10.4. The van der Waals surface area contributed by atoms with E-state index >= 15 is 0 Å². The molecule has 0 aromatic carbocycles. The van der Waals surface area contributed by atoms with E-state index in [1.54, 1.807) is 20.8 Å². The predicted octanol–water partition coefficient (Wildman–Crippen LogP) is 3.59. The van der Waals surface area contributed by atoms with E-state index in [1.165, 1.54) is 11.0 Å². The van der Waals surface area contributed by atoms with E-state index in [0.717, 1.165) is 6.08 Å². The molecule has 0 aliphatic carbocycles. The molecule has 1 aliphatic rings. The highest BCUT2D eigenvalue weighted by Gasteiger charge is 2.40. The normalized spacial score (nSPS) is 17.6. The summed E-state index contributed by atoms with van der Waals surface area (Å²) in [6, 6.07) is -1.19. The molecule has 1 aliphatic heterocycles. The fraction of sp³-hybridized carbons (Fsp3) is 0.650. The standard InChI is InChI=1S/C20H28F3N5O4S/c1-11(2)10-12(6-7-14(29)25-17-27-26-16(33-17)20(21,22)23)24-15(30)13-8-9-28(13)18(31)32-19(3,4)5/h6-7,11-13H,8-10H2,1-5H3,(H,24,30)(H,25,27,29)/b7-6+/t12-,13?/m1/s1. The van der Waals surface area contributed by atoms with Gasteiger partial charge in [0.15, 0.2) is 0 Å². The van der Waals surface area contributed by atoms with E-state index in [2.05, 4.69) is 20.8 Å². The molecule has 13 heteroatoms. The largest absolute Gasteiger partial charge is 0.445 e. The number of nitrogens with one attached hydrogen (secondary N) is 2. The minimum atomic E-state index is -4.64. The zero-order valence-corrected chi connectivity index (χ0v) is 19.8. The number of halogens is 3. The molecule has 2 atom stereocenters. The lowest BCUT2D eigenvalue weighted by molar-refractivity contribution is -0.138. The van der Waals surface area contributed by atoms with Crippen molar-refractivity contribution in [2.24, 2.45) is 5.92 Å². The number of amides is 3. The summed E-state index contributed by atoms with van der Waals surface area (Å²) in [6.45, 7) is 9.48. The van der Waals surface area contributed by atoms with Crippen molar-refractivity contribution in [3.05, 3.63) is 17.2 Å². The highest BCUT2D eigenvalue weighted by Crippen LogP contribution is 2.33. The Morgan fingerprint density at radius 2 is 1.91 bits per heavy atom. The van der Waals surface area contributed by atoms with Gasteiger partial charge < -0.3 is 10.1 Å². The van der Waals surface area contributed by atoms with Crippen LogP contribution in [-0.4, -0.2) is 57.2 Å². The zero-order chi connectivity index (χ0) is 25.0. The van der Waals surface area contributed by atoms with Gasteiger partial charge in [0.25, 0.3) is 0 Å². The van der Waals surface area contributed by atoms with Gasteiger partial charge in [0.2, 0.25) is 22.0 Å². The molecular formula is C20H28F3N5O4S. The predicted molar refractivity (Wildman–Crippen MR) is 115 cm³/mol. The fourth-order valence-electron chi connectivity index (χ4n) is 2.91. The lowest BCUT2D eigenvalue weighted by atomic mass is 10.00. The summed E-state index contributed by atoms with van der Waals surface area (Å²) >= 11 is 0.213. The number of rotatable bonds is 7. The topological polar surface area (TPSA) is 114 Å². The quantitative estimate of drug-likeness (QED) is 0.564. The smallest absolute Gasteiger partial charge is 0.444 e. The molecule has 1 saturated heterocycles. The first-order valence-corrected chi connectivity index (χ1v) is 11.2. The summed E-state index contributed by atoms with van der Waals surface area (Å²) in [4.78, 5) is 38.4. The number of hydrogen-bond donors (Lipinski definition) is 2. The minimum absolute atomic E-state index is 0.170. The zero-order valence-electron chi connectivity index (χ0n) is 19.0. The van der Waals surface area contributed by atoms with E-state index in [4.69, 9.17) is 4.74 Å². The third kappa shape index (κ3) is 8.30. The van der Waals surface area contributed by atoms with Gasteiger partial charge in [0.05, 0.1) is 0 Å². The Labute approximate surface area is 193 Å². The maximum atomic E-state index is 12.7. The molecule has 33 heavy (non-hydrogen) atoms. The van der Waals surface area contributed by atoms with Crippen LogP contribution in [0.5, 0.6) is 0 Å². The maximum Gasteiger partial charge on any atom is 0.445 e. The van der Waals surface area contributed by atoms with E-state index in [-0.39, 0.29) is 28.3 Å². The molecule has 2 heterocycles. The molecule has 3 amide bonds. The molecule has 1 fully saturated rings. The first-order chi connectivity index (χ1) is 15.2. The molecule has 1 aromatic heterocycles. The van der Waals surface area contributed by atoms with Crippen LogP contribution < -0.4 is 10.6 Å². The van der Waals surface area contributed by atoms with E-state index in [0.29, 0.717) is 19.4 Å². The Kier molecular flexibility index (Phi) is 8.44. The number of hydrogen-bond acceptors (Lipinski definition) is 7. The van der Waals surface area contributed by atoms with Crippen molar-refractivity contribution in [1.82, 2.24) is 20.4 Å². The van der Waals surface area contributed by atoms with Gasteiger partial charge >= 0.3 is 12.3 Å². The average molecular weight is 492 g/mol. The first kappa shape index (κ1) is 26.6. The third-order valence-electron chi connectivity index (χ3n) is 4.38. The van der Waals surface area contributed by atoms with Gasteiger partial charge in [0, 0.05) is 18.7 Å². The Morgan fingerprint density at radius 3 is 2.39 bits per heavy atom. The molecule has 1 unspecified atom stereocenters. The number of aromatic nitrogens is 2. The van der Waals surface area contributed by atoms with Gasteiger partial charge in [-0.3, -0.25) is 19.8 Å². The molecule has 9 nitrogen and oxygen atoms in total. The Balaban J connectivity index is 1.97. The van der Waals surface area contributed by atoms with E-state index in [1.807, 2.05) is 13.8 Å². The van der Waals surface area contributed by atoms with Crippen molar-refractivity contribution in [3.8, 4) is 0 Å². The highest BCUT2D eigenvalue weighted by molar-refractivity contribution is 7.15. The summed E-state index contributed by atoms with van der Waals surface area (Å²) < 4.78 is 43.1. The van der Waals surface area contributed by atoms with Crippen LogP contribution in [0.4, 0.5) is 23.1 Å². The lowest BCUT2D eigenvalue weighted by Gasteiger charge is -2.40. The Morgan fingerprint density at radius 1 is 1.24 bits per heavy atom. The molecule has 184 valence electrons. The summed E-state index contributed by atoms with van der Waals surface area (Å²) in [5, 5.41) is 9.88. The molecule has 0 saturated carbocycles. The molecule has 2 N–H and O–H groups in total. The number of ether oxygens (including phenoxy) is 1. The van der Waals surface area contributed by atoms with Gasteiger partial charge in [-0.05, 0) is 39.5 Å². The van der Waals surface area contributed by atoms with Crippen molar-refractivity contribution in [2.45, 2.75) is 71.3 Å². The van der Waals surface area contributed by atoms with Crippen molar-refractivity contribution >= 4 is 34.4 Å². The van der Waals surface area contributed by atoms with Crippen LogP contribution in [0.15, 0.2) is 12.2 Å². The van der Waals surface area contributed by atoms with E-state index in [9.17, 15) is 27.6 Å². The molecule has 0 spiro atoms. The Bertz CT molecular complexity index is 895. The molecule has 0 radical (unpaired) electrons. The Hall–Kier alpha value is -2.70. The SMILES string of the molecule is CC(C)C[C@@H](/C=C/C(=O)Nc1nnc(C(F)(F)F)s1)NC(=O)C1CCN1C(=O)OC(C)(C)C. The van der Waals surface area contributed by atoms with Gasteiger partial charge in [-0.2, -0.15) is 13.2 Å². The molecular weight excluding hydrogens is 463 g/mol. The summed E-state index contributed by atoms with van der Waals surface area (Å²) in [5.41, 5.74) is -0.683. The van der Waals surface area contributed by atoms with Gasteiger partial charge in [0.1, 0.15) is 11.6 Å². The van der Waals surface area contributed by atoms with Crippen LogP contribution in [0.2, 0.25) is 0 Å². The summed E-state index contributed by atoms with van der Waals surface area (Å²) in [5.74, 6) is -0.910. The van der Waals surface area contributed by atoms with Crippen molar-refractivity contribution in [1.29, 1.82) is 0 Å². The third-order valence-corrected chi connectivity index (χ3v) is 5.26. The highest BCUT2D eigenvalue weighted by atomic mass is 32.1. The molecule has 1 aromatic rings.